The minimum Gasteiger partial charge on any atom is -0.481 e. The molecule has 0 aliphatic carbocycles. The lowest BCUT2D eigenvalue weighted by molar-refractivity contribution is -0.137. The summed E-state index contributed by atoms with van der Waals surface area (Å²) in [6.07, 6.45) is 24.9. The van der Waals surface area contributed by atoms with E-state index < -0.39 is 5.97 Å². The fraction of sp³-hybridized carbons (Fsp3) is 0.476. The number of hydrogen-bond acceptors (Lipinski definition) is 2. The van der Waals surface area contributed by atoms with Crippen molar-refractivity contribution in [3.05, 3.63) is 60.8 Å². The van der Waals surface area contributed by atoms with Gasteiger partial charge in [-0.1, -0.05) is 81.0 Å². The Labute approximate surface area is 146 Å². The Balaban J connectivity index is 2.06. The summed E-state index contributed by atoms with van der Waals surface area (Å²) in [5.41, 5.74) is 0. The van der Waals surface area contributed by atoms with Crippen molar-refractivity contribution in [3.63, 3.8) is 0 Å². The Morgan fingerprint density at radius 3 is 2.54 bits per heavy atom. The van der Waals surface area contributed by atoms with Gasteiger partial charge in [-0.2, -0.15) is 0 Å². The molecule has 1 aliphatic heterocycles. The third-order valence-corrected chi connectivity index (χ3v) is 3.87. The molecule has 0 bridgehead atoms. The molecule has 1 N–H and O–H groups in total. The number of hydrogen-bond donors (Lipinski definition) is 1. The molecular formula is C21H30O3. The average Bonchev–Trinajstić information content (AvgIpc) is 3.30. The van der Waals surface area contributed by atoms with Crippen LogP contribution in [0.4, 0.5) is 0 Å². The van der Waals surface area contributed by atoms with E-state index in [1.54, 1.807) is 0 Å². The Hall–Kier alpha value is -1.87. The highest BCUT2D eigenvalue weighted by atomic mass is 16.6. The first-order valence-electron chi connectivity index (χ1n) is 8.84. The van der Waals surface area contributed by atoms with Crippen molar-refractivity contribution in [2.75, 3.05) is 0 Å². The monoisotopic (exact) mass is 330 g/mol. The second kappa shape index (κ2) is 12.5. The van der Waals surface area contributed by atoms with Crippen molar-refractivity contribution in [3.8, 4) is 0 Å². The molecule has 1 rings (SSSR count). The minimum absolute atomic E-state index is 0.160. The second-order valence-corrected chi connectivity index (χ2v) is 6.06. The predicted molar refractivity (Wildman–Crippen MR) is 99.9 cm³/mol. The maximum absolute atomic E-state index is 10.4. The lowest BCUT2D eigenvalue weighted by Gasteiger charge is -1.96. The standard InChI is InChI=1S/C21H30O3/c1-3-18(2)14-11-9-7-5-4-6-8-10-12-15-19-20(24-19)16-13-17-21(22)23/h4,6-12,14-15,18-20H,3,5,13,16-17H2,1-2H3,(H,22,23)/b6-4-,9-7-,10-8+,14-11+,15-12+. The predicted octanol–water partition coefficient (Wildman–Crippen LogP) is 5.23. The van der Waals surface area contributed by atoms with Gasteiger partial charge in [0.05, 0.1) is 6.10 Å². The van der Waals surface area contributed by atoms with Crippen molar-refractivity contribution >= 4 is 5.97 Å². The molecule has 1 heterocycles. The van der Waals surface area contributed by atoms with Crippen molar-refractivity contribution in [2.45, 2.75) is 58.2 Å². The number of allylic oxidation sites excluding steroid dienone is 9. The van der Waals surface area contributed by atoms with E-state index in [9.17, 15) is 4.79 Å². The molecule has 0 radical (unpaired) electrons. The maximum Gasteiger partial charge on any atom is 0.303 e. The van der Waals surface area contributed by atoms with Crippen LogP contribution in [0.1, 0.15) is 46.0 Å². The molecule has 0 aromatic carbocycles. The van der Waals surface area contributed by atoms with Gasteiger partial charge < -0.3 is 9.84 Å². The van der Waals surface area contributed by atoms with Crippen molar-refractivity contribution in [1.29, 1.82) is 0 Å². The van der Waals surface area contributed by atoms with E-state index in [4.69, 9.17) is 9.84 Å². The van der Waals surface area contributed by atoms with Gasteiger partial charge in [0.25, 0.3) is 0 Å². The Kier molecular flexibility index (Phi) is 10.5. The summed E-state index contributed by atoms with van der Waals surface area (Å²) in [7, 11) is 0. The zero-order chi connectivity index (χ0) is 17.6. The number of aliphatic carboxylic acids is 1. The van der Waals surface area contributed by atoms with Gasteiger partial charge in [-0.15, -0.1) is 0 Å². The number of ether oxygens (including phenoxy) is 1. The van der Waals surface area contributed by atoms with E-state index in [0.29, 0.717) is 12.3 Å². The summed E-state index contributed by atoms with van der Waals surface area (Å²) in [5, 5.41) is 8.57. The molecule has 0 aromatic heterocycles. The van der Waals surface area contributed by atoms with Crippen LogP contribution in [0.15, 0.2) is 60.8 Å². The topological polar surface area (TPSA) is 49.8 Å². The smallest absolute Gasteiger partial charge is 0.303 e. The first kappa shape index (κ1) is 20.2. The quantitative estimate of drug-likeness (QED) is 0.394. The molecule has 1 fully saturated rings. The molecule has 0 amide bonds. The van der Waals surface area contributed by atoms with E-state index in [2.05, 4.69) is 44.2 Å². The van der Waals surface area contributed by atoms with Gasteiger partial charge in [0.2, 0.25) is 0 Å². The van der Waals surface area contributed by atoms with Gasteiger partial charge in [0, 0.05) is 6.42 Å². The van der Waals surface area contributed by atoms with Crippen molar-refractivity contribution in [2.24, 2.45) is 5.92 Å². The third kappa shape index (κ3) is 10.8. The summed E-state index contributed by atoms with van der Waals surface area (Å²) in [6.45, 7) is 4.41. The van der Waals surface area contributed by atoms with Crippen LogP contribution in [0.3, 0.4) is 0 Å². The van der Waals surface area contributed by atoms with E-state index in [0.717, 1.165) is 12.8 Å². The molecule has 1 saturated heterocycles. The van der Waals surface area contributed by atoms with Gasteiger partial charge in [0.15, 0.2) is 0 Å². The van der Waals surface area contributed by atoms with Crippen LogP contribution in [0.25, 0.3) is 0 Å². The number of epoxide rings is 1. The lowest BCUT2D eigenvalue weighted by atomic mass is 10.1. The van der Waals surface area contributed by atoms with Crippen molar-refractivity contribution in [1.82, 2.24) is 0 Å². The van der Waals surface area contributed by atoms with Crippen LogP contribution in [-0.4, -0.2) is 23.3 Å². The molecule has 0 saturated carbocycles. The van der Waals surface area contributed by atoms with Gasteiger partial charge >= 0.3 is 5.97 Å². The van der Waals surface area contributed by atoms with Crippen LogP contribution >= 0.6 is 0 Å². The SMILES string of the molecule is CCC(C)/C=C/C=C\C\C=C/C=C/C=C/C1OC1CCCC(=O)O. The first-order chi connectivity index (χ1) is 11.6. The van der Waals surface area contributed by atoms with Crippen LogP contribution in [-0.2, 0) is 9.53 Å². The Bertz CT molecular complexity index is 497. The molecule has 3 heteroatoms. The van der Waals surface area contributed by atoms with Crippen LogP contribution in [0, 0.1) is 5.92 Å². The van der Waals surface area contributed by atoms with Gasteiger partial charge in [-0.05, 0) is 25.2 Å². The maximum atomic E-state index is 10.4. The highest BCUT2D eigenvalue weighted by Gasteiger charge is 2.35. The molecule has 24 heavy (non-hydrogen) atoms. The van der Waals surface area contributed by atoms with Gasteiger partial charge in [-0.3, -0.25) is 4.79 Å². The van der Waals surface area contributed by atoms with E-state index in [1.807, 2.05) is 30.4 Å². The third-order valence-electron chi connectivity index (χ3n) is 3.87. The zero-order valence-corrected chi connectivity index (χ0v) is 14.8. The first-order valence-corrected chi connectivity index (χ1v) is 8.84. The molecular weight excluding hydrogens is 300 g/mol. The fourth-order valence-corrected chi connectivity index (χ4v) is 2.10. The van der Waals surface area contributed by atoms with E-state index >= 15 is 0 Å². The molecule has 0 spiro atoms. The molecule has 3 unspecified atom stereocenters. The number of carboxylic acids is 1. The molecule has 132 valence electrons. The fourth-order valence-electron chi connectivity index (χ4n) is 2.10. The minimum atomic E-state index is -0.737. The summed E-state index contributed by atoms with van der Waals surface area (Å²) in [4.78, 5) is 10.4. The largest absolute Gasteiger partial charge is 0.481 e. The summed E-state index contributed by atoms with van der Waals surface area (Å²) < 4.78 is 5.46. The normalized spacial score (nSPS) is 22.6. The lowest BCUT2D eigenvalue weighted by Crippen LogP contribution is -1.97. The Morgan fingerprint density at radius 1 is 1.12 bits per heavy atom. The van der Waals surface area contributed by atoms with E-state index in [1.165, 1.54) is 6.42 Å². The van der Waals surface area contributed by atoms with Crippen LogP contribution in [0.2, 0.25) is 0 Å². The van der Waals surface area contributed by atoms with Crippen LogP contribution < -0.4 is 0 Å². The summed E-state index contributed by atoms with van der Waals surface area (Å²) in [6, 6.07) is 0. The zero-order valence-electron chi connectivity index (χ0n) is 14.8. The number of rotatable bonds is 12. The average molecular weight is 330 g/mol. The molecule has 0 aromatic rings. The number of carbonyl (C=O) groups is 1. The summed E-state index contributed by atoms with van der Waals surface area (Å²) >= 11 is 0. The van der Waals surface area contributed by atoms with Crippen molar-refractivity contribution < 1.29 is 14.6 Å². The van der Waals surface area contributed by atoms with Gasteiger partial charge in [0.1, 0.15) is 6.10 Å². The second-order valence-electron chi connectivity index (χ2n) is 6.06. The number of carboxylic acid groups (broad SMARTS) is 1. The molecule has 3 atom stereocenters. The molecule has 1 aliphatic rings. The molecule has 3 nitrogen and oxygen atoms in total. The highest BCUT2D eigenvalue weighted by molar-refractivity contribution is 5.66. The van der Waals surface area contributed by atoms with E-state index in [-0.39, 0.29) is 18.6 Å². The summed E-state index contributed by atoms with van der Waals surface area (Å²) in [5.74, 6) is -0.0917. The van der Waals surface area contributed by atoms with Crippen LogP contribution in [0.5, 0.6) is 0 Å². The highest BCUT2D eigenvalue weighted by Crippen LogP contribution is 2.28. The Morgan fingerprint density at radius 2 is 1.83 bits per heavy atom. The van der Waals surface area contributed by atoms with Gasteiger partial charge in [-0.25, -0.2) is 0 Å².